The summed E-state index contributed by atoms with van der Waals surface area (Å²) in [5, 5.41) is 3.94. The molecule has 0 unspecified atom stereocenters. The number of rotatable bonds is 5. The van der Waals surface area contributed by atoms with Gasteiger partial charge < -0.3 is 9.26 Å². The van der Waals surface area contributed by atoms with E-state index in [-0.39, 0.29) is 6.61 Å². The summed E-state index contributed by atoms with van der Waals surface area (Å²) in [6.45, 7) is 4.52. The van der Waals surface area contributed by atoms with Gasteiger partial charge >= 0.3 is 0 Å². The third kappa shape index (κ3) is 3.76. The Kier molecular flexibility index (Phi) is 4.71. The van der Waals surface area contributed by atoms with Gasteiger partial charge in [0.05, 0.1) is 4.47 Å². The van der Waals surface area contributed by atoms with Crippen LogP contribution in [0.2, 0.25) is 0 Å². The van der Waals surface area contributed by atoms with E-state index < -0.39 is 0 Å². The second kappa shape index (κ2) is 6.91. The van der Waals surface area contributed by atoms with Gasteiger partial charge in [0.2, 0.25) is 5.82 Å². The molecule has 6 heteroatoms. The monoisotopic (exact) mass is 373 g/mol. The maximum absolute atomic E-state index is 5.75. The van der Waals surface area contributed by atoms with Crippen LogP contribution in [-0.4, -0.2) is 15.1 Å². The summed E-state index contributed by atoms with van der Waals surface area (Å²) in [5.41, 5.74) is 2.06. The SMILES string of the molecule is CC(C)c1ccc(OCc2nc(-c3cccnc3)no2)c(Br)c1. The van der Waals surface area contributed by atoms with Crippen LogP contribution < -0.4 is 4.74 Å². The van der Waals surface area contributed by atoms with Gasteiger partial charge in [-0.1, -0.05) is 25.1 Å². The number of hydrogen-bond donors (Lipinski definition) is 0. The molecule has 3 aromatic rings. The zero-order valence-corrected chi connectivity index (χ0v) is 14.4. The van der Waals surface area contributed by atoms with Gasteiger partial charge in [0.25, 0.3) is 5.89 Å². The lowest BCUT2D eigenvalue weighted by molar-refractivity contribution is 0.241. The number of aromatic nitrogens is 3. The lowest BCUT2D eigenvalue weighted by Gasteiger charge is -2.10. The van der Waals surface area contributed by atoms with Gasteiger partial charge in [-0.25, -0.2) is 0 Å². The molecular weight excluding hydrogens is 358 g/mol. The number of pyridine rings is 1. The number of hydrogen-bond acceptors (Lipinski definition) is 5. The van der Waals surface area contributed by atoms with Crippen LogP contribution in [0.3, 0.4) is 0 Å². The van der Waals surface area contributed by atoms with Crippen molar-refractivity contribution in [1.29, 1.82) is 0 Å². The van der Waals surface area contributed by atoms with E-state index in [1.807, 2.05) is 18.2 Å². The molecule has 0 saturated heterocycles. The Morgan fingerprint density at radius 2 is 2.13 bits per heavy atom. The highest BCUT2D eigenvalue weighted by Gasteiger charge is 2.11. The quantitative estimate of drug-likeness (QED) is 0.653. The fraction of sp³-hybridized carbons (Fsp3) is 0.235. The van der Waals surface area contributed by atoms with Gasteiger partial charge in [0, 0.05) is 18.0 Å². The number of nitrogens with zero attached hydrogens (tertiary/aromatic N) is 3. The molecule has 0 saturated carbocycles. The smallest absolute Gasteiger partial charge is 0.264 e. The minimum Gasteiger partial charge on any atom is -0.483 e. The lowest BCUT2D eigenvalue weighted by Crippen LogP contribution is -1.97. The molecule has 2 heterocycles. The average molecular weight is 374 g/mol. The summed E-state index contributed by atoms with van der Waals surface area (Å²) >= 11 is 3.53. The Bertz CT molecular complexity index is 788. The van der Waals surface area contributed by atoms with Crippen molar-refractivity contribution in [2.45, 2.75) is 26.4 Å². The van der Waals surface area contributed by atoms with Crippen LogP contribution in [0.1, 0.15) is 31.2 Å². The van der Waals surface area contributed by atoms with Crippen LogP contribution in [0, 0.1) is 0 Å². The molecule has 0 aliphatic heterocycles. The minimum atomic E-state index is 0.215. The Morgan fingerprint density at radius 3 is 2.83 bits per heavy atom. The Morgan fingerprint density at radius 1 is 1.26 bits per heavy atom. The molecule has 1 aromatic carbocycles. The van der Waals surface area contributed by atoms with Crippen molar-refractivity contribution in [1.82, 2.24) is 15.1 Å². The number of halogens is 1. The third-order valence-corrected chi connectivity index (χ3v) is 3.98. The van der Waals surface area contributed by atoms with Gasteiger partial charge in [-0.05, 0) is 51.7 Å². The van der Waals surface area contributed by atoms with Crippen molar-refractivity contribution in [3.63, 3.8) is 0 Å². The predicted molar refractivity (Wildman–Crippen MR) is 90.1 cm³/mol. The highest BCUT2D eigenvalue weighted by atomic mass is 79.9. The predicted octanol–water partition coefficient (Wildman–Crippen LogP) is 4.60. The zero-order chi connectivity index (χ0) is 16.2. The van der Waals surface area contributed by atoms with Crippen LogP contribution in [0.15, 0.2) is 51.7 Å². The standard InChI is InChI=1S/C17H16BrN3O2/c1-11(2)12-5-6-15(14(18)8-12)22-10-16-20-17(21-23-16)13-4-3-7-19-9-13/h3-9,11H,10H2,1-2H3. The second-order valence-corrected chi connectivity index (χ2v) is 6.24. The molecule has 3 rings (SSSR count). The second-order valence-electron chi connectivity index (χ2n) is 5.39. The molecule has 2 aromatic heterocycles. The normalized spacial score (nSPS) is 11.0. The molecule has 0 bridgehead atoms. The molecule has 118 valence electrons. The molecule has 0 atom stereocenters. The summed E-state index contributed by atoms with van der Waals surface area (Å²) in [5.74, 6) is 2.14. The van der Waals surface area contributed by atoms with Gasteiger partial charge in [-0.2, -0.15) is 4.98 Å². The lowest BCUT2D eigenvalue weighted by atomic mass is 10.0. The Hall–Kier alpha value is -2.21. The van der Waals surface area contributed by atoms with Crippen molar-refractivity contribution in [3.05, 3.63) is 58.7 Å². The fourth-order valence-corrected chi connectivity index (χ4v) is 2.57. The third-order valence-electron chi connectivity index (χ3n) is 3.36. The molecule has 0 amide bonds. The first-order chi connectivity index (χ1) is 11.1. The van der Waals surface area contributed by atoms with E-state index in [1.165, 1.54) is 5.56 Å². The highest BCUT2D eigenvalue weighted by Crippen LogP contribution is 2.29. The van der Waals surface area contributed by atoms with E-state index in [4.69, 9.17) is 9.26 Å². The van der Waals surface area contributed by atoms with Crippen LogP contribution in [0.5, 0.6) is 5.75 Å². The highest BCUT2D eigenvalue weighted by molar-refractivity contribution is 9.10. The molecule has 0 spiro atoms. The first kappa shape index (κ1) is 15.7. The summed E-state index contributed by atoms with van der Waals surface area (Å²) in [4.78, 5) is 8.35. The molecule has 0 N–H and O–H groups in total. The van der Waals surface area contributed by atoms with Crippen LogP contribution in [-0.2, 0) is 6.61 Å². The maximum Gasteiger partial charge on any atom is 0.264 e. The van der Waals surface area contributed by atoms with Crippen molar-refractivity contribution in [2.24, 2.45) is 0 Å². The van der Waals surface area contributed by atoms with Crippen LogP contribution in [0.25, 0.3) is 11.4 Å². The summed E-state index contributed by atoms with van der Waals surface area (Å²) in [6, 6.07) is 9.77. The zero-order valence-electron chi connectivity index (χ0n) is 12.9. The van der Waals surface area contributed by atoms with Gasteiger partial charge in [-0.3, -0.25) is 4.98 Å². The molecule has 0 radical (unpaired) electrons. The van der Waals surface area contributed by atoms with Crippen molar-refractivity contribution in [2.75, 3.05) is 0 Å². The maximum atomic E-state index is 5.75. The van der Waals surface area contributed by atoms with E-state index in [1.54, 1.807) is 12.4 Å². The molecular formula is C17H16BrN3O2. The first-order valence-electron chi connectivity index (χ1n) is 7.28. The minimum absolute atomic E-state index is 0.215. The molecule has 23 heavy (non-hydrogen) atoms. The summed E-state index contributed by atoms with van der Waals surface area (Å²) in [6.07, 6.45) is 3.39. The van der Waals surface area contributed by atoms with Gasteiger partial charge in [-0.15, -0.1) is 0 Å². The molecule has 0 aliphatic rings. The average Bonchev–Trinajstić information content (AvgIpc) is 3.03. The number of ether oxygens (including phenoxy) is 1. The molecule has 5 nitrogen and oxygen atoms in total. The Labute approximate surface area is 142 Å². The largest absolute Gasteiger partial charge is 0.483 e. The number of benzene rings is 1. The van der Waals surface area contributed by atoms with Gasteiger partial charge in [0.15, 0.2) is 6.61 Å². The van der Waals surface area contributed by atoms with E-state index in [0.29, 0.717) is 17.6 Å². The van der Waals surface area contributed by atoms with E-state index in [2.05, 4.69) is 57.0 Å². The Balaban J connectivity index is 1.68. The van der Waals surface area contributed by atoms with E-state index in [9.17, 15) is 0 Å². The van der Waals surface area contributed by atoms with Crippen LogP contribution in [0.4, 0.5) is 0 Å². The van der Waals surface area contributed by atoms with Crippen LogP contribution >= 0.6 is 15.9 Å². The van der Waals surface area contributed by atoms with E-state index >= 15 is 0 Å². The fourth-order valence-electron chi connectivity index (χ4n) is 2.06. The molecule has 0 aliphatic carbocycles. The van der Waals surface area contributed by atoms with Crippen molar-refractivity contribution >= 4 is 15.9 Å². The van der Waals surface area contributed by atoms with E-state index in [0.717, 1.165) is 15.8 Å². The summed E-state index contributed by atoms with van der Waals surface area (Å²) < 4.78 is 11.9. The van der Waals surface area contributed by atoms with Crippen molar-refractivity contribution < 1.29 is 9.26 Å². The first-order valence-corrected chi connectivity index (χ1v) is 8.08. The molecule has 0 fully saturated rings. The topological polar surface area (TPSA) is 61.0 Å². The summed E-state index contributed by atoms with van der Waals surface area (Å²) in [7, 11) is 0. The van der Waals surface area contributed by atoms with Gasteiger partial charge in [0.1, 0.15) is 5.75 Å². The van der Waals surface area contributed by atoms with Crippen molar-refractivity contribution in [3.8, 4) is 17.1 Å².